The van der Waals surface area contributed by atoms with Gasteiger partial charge in [-0.3, -0.25) is 14.3 Å². The summed E-state index contributed by atoms with van der Waals surface area (Å²) in [6.07, 6.45) is 0.948. The monoisotopic (exact) mass is 356 g/mol. The lowest BCUT2D eigenvalue weighted by Crippen LogP contribution is -2.31. The molecule has 0 saturated carbocycles. The highest BCUT2D eigenvalue weighted by Gasteiger charge is 2.24. The van der Waals surface area contributed by atoms with Gasteiger partial charge in [-0.2, -0.15) is 5.10 Å². The van der Waals surface area contributed by atoms with Gasteiger partial charge in [0, 0.05) is 32.2 Å². The fraction of sp³-hybridized carbons (Fsp3) is 0.421. The fourth-order valence-electron chi connectivity index (χ4n) is 3.04. The minimum Gasteiger partial charge on any atom is -0.381 e. The molecule has 26 heavy (non-hydrogen) atoms. The Kier molecular flexibility index (Phi) is 5.68. The number of aromatic nitrogens is 2. The van der Waals surface area contributed by atoms with Crippen LogP contribution in [0, 0.1) is 5.92 Å². The molecule has 0 aliphatic carbocycles. The summed E-state index contributed by atoms with van der Waals surface area (Å²) in [5.41, 5.74) is 1.61. The van der Waals surface area contributed by atoms with Gasteiger partial charge in [0.1, 0.15) is 5.69 Å². The molecule has 2 aromatic rings. The molecule has 3 rings (SSSR count). The van der Waals surface area contributed by atoms with Crippen molar-refractivity contribution in [2.45, 2.75) is 19.4 Å². The molecule has 2 heterocycles. The van der Waals surface area contributed by atoms with Gasteiger partial charge in [0.2, 0.25) is 0 Å². The second-order valence-electron chi connectivity index (χ2n) is 6.46. The fourth-order valence-corrected chi connectivity index (χ4v) is 3.04. The van der Waals surface area contributed by atoms with Crippen molar-refractivity contribution >= 4 is 11.8 Å². The molecule has 1 aromatic heterocycles. The summed E-state index contributed by atoms with van der Waals surface area (Å²) in [5.74, 6) is -0.218. The molecule has 0 spiro atoms. The van der Waals surface area contributed by atoms with E-state index in [-0.39, 0.29) is 23.6 Å². The van der Waals surface area contributed by atoms with E-state index >= 15 is 0 Å². The molecule has 138 valence electrons. The number of nitrogens with zero attached hydrogens (tertiary/aromatic N) is 2. The predicted octanol–water partition coefficient (Wildman–Crippen LogP) is 1.62. The van der Waals surface area contributed by atoms with Crippen LogP contribution in [-0.2, 0) is 4.74 Å². The van der Waals surface area contributed by atoms with Crippen LogP contribution in [0.3, 0.4) is 0 Å². The summed E-state index contributed by atoms with van der Waals surface area (Å²) < 4.78 is 6.95. The molecular weight excluding hydrogens is 332 g/mol. The van der Waals surface area contributed by atoms with Crippen LogP contribution in [0.25, 0.3) is 0 Å². The maximum absolute atomic E-state index is 12.7. The van der Waals surface area contributed by atoms with E-state index in [1.54, 1.807) is 17.8 Å². The first kappa shape index (κ1) is 18.1. The maximum atomic E-state index is 12.7. The number of rotatable bonds is 6. The van der Waals surface area contributed by atoms with E-state index in [9.17, 15) is 9.59 Å². The lowest BCUT2D eigenvalue weighted by molar-refractivity contribution is 0.0930. The molecular formula is C19H24N4O3. The smallest absolute Gasteiger partial charge is 0.271 e. The molecule has 0 bridgehead atoms. The van der Waals surface area contributed by atoms with E-state index in [0.717, 1.165) is 18.6 Å². The number of hydrogen-bond acceptors (Lipinski definition) is 4. The minimum atomic E-state index is -0.317. The highest BCUT2D eigenvalue weighted by molar-refractivity contribution is 5.97. The first-order valence-electron chi connectivity index (χ1n) is 8.82. The molecule has 1 aliphatic rings. The van der Waals surface area contributed by atoms with Gasteiger partial charge in [0.25, 0.3) is 11.8 Å². The zero-order valence-electron chi connectivity index (χ0n) is 15.1. The Hall–Kier alpha value is -2.67. The van der Waals surface area contributed by atoms with E-state index < -0.39 is 0 Å². The van der Waals surface area contributed by atoms with Gasteiger partial charge in [-0.15, -0.1) is 0 Å². The molecule has 2 atom stereocenters. The Morgan fingerprint density at radius 1 is 1.31 bits per heavy atom. The topological polar surface area (TPSA) is 85.3 Å². The Bertz CT molecular complexity index is 766. The molecule has 7 nitrogen and oxygen atoms in total. The molecule has 7 heteroatoms. The third-order valence-electron chi connectivity index (χ3n) is 4.65. The summed E-state index contributed by atoms with van der Waals surface area (Å²) in [6, 6.07) is 11.1. The van der Waals surface area contributed by atoms with Crippen molar-refractivity contribution < 1.29 is 14.3 Å². The van der Waals surface area contributed by atoms with Gasteiger partial charge in [0.05, 0.1) is 12.6 Å². The molecule has 1 unspecified atom stereocenters. The number of ether oxygens (including phenoxy) is 1. The van der Waals surface area contributed by atoms with Crippen LogP contribution in [0.15, 0.2) is 36.4 Å². The third-order valence-corrected chi connectivity index (χ3v) is 4.65. The van der Waals surface area contributed by atoms with Gasteiger partial charge in [-0.05, 0) is 18.9 Å². The molecule has 1 saturated heterocycles. The van der Waals surface area contributed by atoms with Crippen LogP contribution in [0.2, 0.25) is 0 Å². The van der Waals surface area contributed by atoms with E-state index in [2.05, 4.69) is 15.7 Å². The van der Waals surface area contributed by atoms with Crippen molar-refractivity contribution in [1.29, 1.82) is 0 Å². The SMILES string of the molecule is CNC(=O)c1cc(C(=O)NCC2CCOC2)n([C@@H](C)c2ccccc2)n1. The maximum Gasteiger partial charge on any atom is 0.271 e. The number of nitrogens with one attached hydrogen (secondary N) is 2. The molecule has 1 aromatic carbocycles. The van der Waals surface area contributed by atoms with Crippen LogP contribution in [0.1, 0.15) is 45.9 Å². The lowest BCUT2D eigenvalue weighted by Gasteiger charge is -2.16. The van der Waals surface area contributed by atoms with Crippen molar-refractivity contribution in [2.75, 3.05) is 26.8 Å². The summed E-state index contributed by atoms with van der Waals surface area (Å²) in [4.78, 5) is 24.7. The quantitative estimate of drug-likeness (QED) is 0.824. The zero-order chi connectivity index (χ0) is 18.5. The van der Waals surface area contributed by atoms with Crippen LogP contribution in [0.4, 0.5) is 0 Å². The van der Waals surface area contributed by atoms with E-state index in [1.807, 2.05) is 37.3 Å². The van der Waals surface area contributed by atoms with E-state index in [0.29, 0.717) is 24.8 Å². The highest BCUT2D eigenvalue weighted by Crippen LogP contribution is 2.20. The summed E-state index contributed by atoms with van der Waals surface area (Å²) in [6.45, 7) is 3.92. The van der Waals surface area contributed by atoms with Crippen LogP contribution in [-0.4, -0.2) is 48.4 Å². The van der Waals surface area contributed by atoms with Gasteiger partial charge >= 0.3 is 0 Å². The first-order valence-corrected chi connectivity index (χ1v) is 8.82. The largest absolute Gasteiger partial charge is 0.381 e. The number of carbonyl (C=O) groups excluding carboxylic acids is 2. The van der Waals surface area contributed by atoms with Crippen molar-refractivity contribution in [2.24, 2.45) is 5.92 Å². The Labute approximate surface area is 152 Å². The van der Waals surface area contributed by atoms with Gasteiger partial charge in [-0.1, -0.05) is 30.3 Å². The molecule has 1 fully saturated rings. The second kappa shape index (κ2) is 8.14. The number of hydrogen-bond donors (Lipinski definition) is 2. The van der Waals surface area contributed by atoms with Gasteiger partial charge < -0.3 is 15.4 Å². The average Bonchev–Trinajstić information content (AvgIpc) is 3.35. The Balaban J connectivity index is 1.85. The molecule has 2 N–H and O–H groups in total. The molecule has 2 amide bonds. The van der Waals surface area contributed by atoms with Crippen molar-refractivity contribution in [3.8, 4) is 0 Å². The van der Waals surface area contributed by atoms with Crippen molar-refractivity contribution in [1.82, 2.24) is 20.4 Å². The minimum absolute atomic E-state index is 0.176. The molecule has 1 aliphatic heterocycles. The van der Waals surface area contributed by atoms with Crippen molar-refractivity contribution in [3.05, 3.63) is 53.3 Å². The summed E-state index contributed by atoms with van der Waals surface area (Å²) >= 11 is 0. The zero-order valence-corrected chi connectivity index (χ0v) is 15.1. The number of carbonyl (C=O) groups is 2. The Morgan fingerprint density at radius 2 is 2.08 bits per heavy atom. The van der Waals surface area contributed by atoms with Gasteiger partial charge in [-0.25, -0.2) is 0 Å². The average molecular weight is 356 g/mol. The van der Waals surface area contributed by atoms with E-state index in [4.69, 9.17) is 4.74 Å². The van der Waals surface area contributed by atoms with Crippen LogP contribution >= 0.6 is 0 Å². The molecule has 0 radical (unpaired) electrons. The summed E-state index contributed by atoms with van der Waals surface area (Å²) in [5, 5.41) is 9.88. The van der Waals surface area contributed by atoms with Gasteiger partial charge in [0.15, 0.2) is 5.69 Å². The number of amides is 2. The summed E-state index contributed by atoms with van der Waals surface area (Å²) in [7, 11) is 1.54. The van der Waals surface area contributed by atoms with Crippen LogP contribution < -0.4 is 10.6 Å². The van der Waals surface area contributed by atoms with E-state index in [1.165, 1.54) is 0 Å². The lowest BCUT2D eigenvalue weighted by atomic mass is 10.1. The third kappa shape index (κ3) is 3.94. The predicted molar refractivity (Wildman–Crippen MR) is 97.1 cm³/mol. The first-order chi connectivity index (χ1) is 12.6. The number of benzene rings is 1. The second-order valence-corrected chi connectivity index (χ2v) is 6.46. The normalized spacial score (nSPS) is 17.7. The highest BCUT2D eigenvalue weighted by atomic mass is 16.5. The Morgan fingerprint density at radius 3 is 2.73 bits per heavy atom. The standard InChI is InChI=1S/C19H24N4O3/c1-13(15-6-4-3-5-7-15)23-17(10-16(22-23)18(24)20-2)19(25)21-11-14-8-9-26-12-14/h3-7,10,13-14H,8-9,11-12H2,1-2H3,(H,20,24)(H,21,25)/t13-,14?/m0/s1. The van der Waals surface area contributed by atoms with Crippen LogP contribution in [0.5, 0.6) is 0 Å². The van der Waals surface area contributed by atoms with Crippen molar-refractivity contribution in [3.63, 3.8) is 0 Å².